The first-order valence-electron chi connectivity index (χ1n) is 11.0. The lowest BCUT2D eigenvalue weighted by molar-refractivity contribution is -0.140. The number of hydrogen-bond donors (Lipinski definition) is 1. The number of carbonyl (C=O) groups excluding carboxylic acids is 2. The first-order valence-corrected chi connectivity index (χ1v) is 12.1. The Bertz CT molecular complexity index is 1030. The Morgan fingerprint density at radius 1 is 0.909 bits per heavy atom. The molecule has 0 saturated carbocycles. The topological polar surface area (TPSA) is 49.4 Å². The van der Waals surface area contributed by atoms with E-state index in [1.807, 2.05) is 48.5 Å². The van der Waals surface area contributed by atoms with Crippen LogP contribution in [-0.4, -0.2) is 35.6 Å². The molecule has 0 aliphatic heterocycles. The fourth-order valence-corrected chi connectivity index (χ4v) is 4.49. The van der Waals surface area contributed by atoms with Crippen LogP contribution < -0.4 is 5.32 Å². The Morgan fingerprint density at radius 2 is 1.52 bits per heavy atom. The van der Waals surface area contributed by atoms with Crippen molar-refractivity contribution in [3.63, 3.8) is 0 Å². The number of carbonyl (C=O) groups is 2. The highest BCUT2D eigenvalue weighted by Crippen LogP contribution is 2.19. The molecule has 3 rings (SSSR count). The van der Waals surface area contributed by atoms with Crippen molar-refractivity contribution in [1.82, 2.24) is 10.2 Å². The largest absolute Gasteiger partial charge is 0.357 e. The van der Waals surface area contributed by atoms with E-state index in [0.717, 1.165) is 11.3 Å². The molecule has 0 aliphatic carbocycles. The van der Waals surface area contributed by atoms with Crippen molar-refractivity contribution in [2.45, 2.75) is 31.2 Å². The van der Waals surface area contributed by atoms with Gasteiger partial charge in [0.1, 0.15) is 11.9 Å². The zero-order valence-electron chi connectivity index (χ0n) is 18.7. The molecule has 0 unspecified atom stereocenters. The Hall–Kier alpha value is -3.12. The molecule has 2 amide bonds. The summed E-state index contributed by atoms with van der Waals surface area (Å²) in [4.78, 5) is 27.7. The Labute approximate surface area is 199 Å². The molecule has 0 aromatic heterocycles. The molecule has 3 aromatic rings. The van der Waals surface area contributed by atoms with Crippen LogP contribution >= 0.6 is 11.8 Å². The van der Waals surface area contributed by atoms with Gasteiger partial charge in [0.15, 0.2) is 0 Å². The maximum atomic E-state index is 14.4. The number of benzene rings is 3. The van der Waals surface area contributed by atoms with E-state index in [1.165, 1.54) is 16.5 Å². The first-order chi connectivity index (χ1) is 16.1. The summed E-state index contributed by atoms with van der Waals surface area (Å²) in [5, 5.41) is 2.68. The summed E-state index contributed by atoms with van der Waals surface area (Å²) < 4.78 is 14.4. The monoisotopic (exact) mass is 464 g/mol. The molecule has 1 atom stereocenters. The van der Waals surface area contributed by atoms with Gasteiger partial charge in [-0.15, -0.1) is 0 Å². The van der Waals surface area contributed by atoms with Crippen molar-refractivity contribution >= 4 is 23.6 Å². The first kappa shape index (κ1) is 24.5. The van der Waals surface area contributed by atoms with Crippen molar-refractivity contribution in [3.8, 4) is 0 Å². The molecule has 33 heavy (non-hydrogen) atoms. The summed E-state index contributed by atoms with van der Waals surface area (Å²) in [6.45, 7) is 0.0414. The van der Waals surface area contributed by atoms with E-state index in [2.05, 4.69) is 17.4 Å². The zero-order valence-corrected chi connectivity index (χ0v) is 19.6. The smallest absolute Gasteiger partial charge is 0.242 e. The second-order valence-corrected chi connectivity index (χ2v) is 8.83. The summed E-state index contributed by atoms with van der Waals surface area (Å²) in [7, 11) is 1.56. The van der Waals surface area contributed by atoms with E-state index < -0.39 is 6.04 Å². The highest BCUT2D eigenvalue weighted by atomic mass is 32.2. The van der Waals surface area contributed by atoms with Crippen LogP contribution in [0.5, 0.6) is 0 Å². The number of halogens is 1. The summed E-state index contributed by atoms with van der Waals surface area (Å²) in [6, 6.07) is 25.3. The molecule has 0 saturated heterocycles. The molecule has 0 spiro atoms. The minimum atomic E-state index is -0.733. The van der Waals surface area contributed by atoms with Gasteiger partial charge in [-0.05, 0) is 17.2 Å². The third kappa shape index (κ3) is 7.46. The highest BCUT2D eigenvalue weighted by Gasteiger charge is 2.30. The quantitative estimate of drug-likeness (QED) is 0.413. The van der Waals surface area contributed by atoms with Crippen molar-refractivity contribution in [2.75, 3.05) is 12.8 Å². The lowest BCUT2D eigenvalue weighted by Gasteiger charge is -2.31. The maximum absolute atomic E-state index is 14.4. The van der Waals surface area contributed by atoms with Gasteiger partial charge in [0, 0.05) is 43.5 Å². The number of likely N-dealkylation sites (N-methyl/N-ethyl adjacent to an activating group) is 1. The van der Waals surface area contributed by atoms with Crippen LogP contribution in [0, 0.1) is 5.82 Å². The van der Waals surface area contributed by atoms with Crippen molar-refractivity contribution in [1.29, 1.82) is 0 Å². The standard InChI is InChI=1S/C27H29FN2O2S/c1-29-27(32)25(18-21-10-4-2-5-11-21)30(19-23-14-8-9-15-24(23)28)26(31)16-17-33-20-22-12-6-3-7-13-22/h2-15,25H,16-20H2,1H3,(H,29,32)/t25-/m0/s1. The third-order valence-electron chi connectivity index (χ3n) is 5.39. The predicted molar refractivity (Wildman–Crippen MR) is 132 cm³/mol. The Balaban J connectivity index is 1.76. The lowest BCUT2D eigenvalue weighted by atomic mass is 10.0. The summed E-state index contributed by atoms with van der Waals surface area (Å²) in [5.74, 6) is 0.616. The number of hydrogen-bond acceptors (Lipinski definition) is 3. The van der Waals surface area contributed by atoms with E-state index in [4.69, 9.17) is 0 Å². The molecule has 172 valence electrons. The summed E-state index contributed by atoms with van der Waals surface area (Å²) in [5.41, 5.74) is 2.53. The van der Waals surface area contributed by atoms with Gasteiger partial charge in [-0.1, -0.05) is 78.9 Å². The fraction of sp³-hybridized carbons (Fsp3) is 0.259. The van der Waals surface area contributed by atoms with E-state index in [0.29, 0.717) is 17.7 Å². The predicted octanol–water partition coefficient (Wildman–Crippen LogP) is 4.84. The minimum absolute atomic E-state index is 0.0414. The van der Waals surface area contributed by atoms with Crippen LogP contribution in [0.4, 0.5) is 4.39 Å². The van der Waals surface area contributed by atoms with Crippen molar-refractivity contribution < 1.29 is 14.0 Å². The van der Waals surface area contributed by atoms with Gasteiger partial charge >= 0.3 is 0 Å². The normalized spacial score (nSPS) is 11.6. The molecule has 0 heterocycles. The van der Waals surface area contributed by atoms with E-state index >= 15 is 0 Å². The number of nitrogens with one attached hydrogen (secondary N) is 1. The molecule has 0 aliphatic rings. The summed E-state index contributed by atoms with van der Waals surface area (Å²) >= 11 is 1.67. The van der Waals surface area contributed by atoms with E-state index in [-0.39, 0.29) is 30.6 Å². The molecule has 4 nitrogen and oxygen atoms in total. The maximum Gasteiger partial charge on any atom is 0.242 e. The second-order valence-electron chi connectivity index (χ2n) is 7.72. The molecule has 3 aromatic carbocycles. The SMILES string of the molecule is CNC(=O)[C@H](Cc1ccccc1)N(Cc1ccccc1F)C(=O)CCSCc1ccccc1. The average molecular weight is 465 g/mol. The number of rotatable bonds is 11. The van der Waals surface area contributed by atoms with Crippen molar-refractivity contribution in [2.24, 2.45) is 0 Å². The second kappa shape index (κ2) is 12.8. The van der Waals surface area contributed by atoms with Gasteiger partial charge in [-0.25, -0.2) is 4.39 Å². The number of amides is 2. The zero-order chi connectivity index (χ0) is 23.5. The van der Waals surface area contributed by atoms with E-state index in [9.17, 15) is 14.0 Å². The average Bonchev–Trinajstić information content (AvgIpc) is 2.85. The van der Waals surface area contributed by atoms with Gasteiger partial charge < -0.3 is 10.2 Å². The molecular weight excluding hydrogens is 435 g/mol. The fourth-order valence-electron chi connectivity index (χ4n) is 3.60. The minimum Gasteiger partial charge on any atom is -0.357 e. The van der Waals surface area contributed by atoms with Crippen LogP contribution in [-0.2, 0) is 28.3 Å². The molecular formula is C27H29FN2O2S. The van der Waals surface area contributed by atoms with Gasteiger partial charge in [-0.3, -0.25) is 9.59 Å². The number of nitrogens with zero attached hydrogens (tertiary/aromatic N) is 1. The Morgan fingerprint density at radius 3 is 2.15 bits per heavy atom. The van der Waals surface area contributed by atoms with Crippen LogP contribution in [0.2, 0.25) is 0 Å². The number of thioether (sulfide) groups is 1. The van der Waals surface area contributed by atoms with Crippen LogP contribution in [0.3, 0.4) is 0 Å². The third-order valence-corrected chi connectivity index (χ3v) is 6.42. The highest BCUT2D eigenvalue weighted by molar-refractivity contribution is 7.98. The molecule has 0 radical (unpaired) electrons. The lowest BCUT2D eigenvalue weighted by Crippen LogP contribution is -2.50. The van der Waals surface area contributed by atoms with Gasteiger partial charge in [0.25, 0.3) is 0 Å². The van der Waals surface area contributed by atoms with Crippen LogP contribution in [0.25, 0.3) is 0 Å². The summed E-state index contributed by atoms with van der Waals surface area (Å²) in [6.07, 6.45) is 0.631. The molecule has 0 bridgehead atoms. The molecule has 1 N–H and O–H groups in total. The van der Waals surface area contributed by atoms with Gasteiger partial charge in [-0.2, -0.15) is 11.8 Å². The molecule has 0 fully saturated rings. The van der Waals surface area contributed by atoms with Crippen molar-refractivity contribution in [3.05, 3.63) is 107 Å². The van der Waals surface area contributed by atoms with Crippen LogP contribution in [0.1, 0.15) is 23.1 Å². The van der Waals surface area contributed by atoms with Gasteiger partial charge in [0.05, 0.1) is 0 Å². The Kier molecular flexibility index (Phi) is 9.51. The van der Waals surface area contributed by atoms with E-state index in [1.54, 1.807) is 37.0 Å². The molecule has 6 heteroatoms. The van der Waals surface area contributed by atoms with Crippen LogP contribution in [0.15, 0.2) is 84.9 Å². The van der Waals surface area contributed by atoms with Gasteiger partial charge in [0.2, 0.25) is 11.8 Å².